The first-order valence-electron chi connectivity index (χ1n) is 5.29. The van der Waals surface area contributed by atoms with Crippen molar-refractivity contribution in [2.45, 2.75) is 39.0 Å². The van der Waals surface area contributed by atoms with E-state index in [0.717, 1.165) is 5.75 Å². The maximum atomic E-state index is 3.56. The Balaban J connectivity index is 2.96. The molecule has 0 spiro atoms. The first kappa shape index (κ1) is 12.4. The molecule has 0 aliphatic carbocycles. The fraction of sp³-hybridized carbons (Fsp3) is 0.538. The van der Waals surface area contributed by atoms with Gasteiger partial charge in [-0.3, -0.25) is 0 Å². The van der Waals surface area contributed by atoms with Gasteiger partial charge >= 0.3 is 0 Å². The lowest BCUT2D eigenvalue weighted by molar-refractivity contribution is 0.633. The summed E-state index contributed by atoms with van der Waals surface area (Å²) in [6.07, 6.45) is 2.14. The SMILES string of the molecule is CSCc1ccc(C)cc1NC(C)(C)C. The zero-order chi connectivity index (χ0) is 11.5. The van der Waals surface area contributed by atoms with Crippen LogP contribution in [-0.4, -0.2) is 11.8 Å². The van der Waals surface area contributed by atoms with Crippen molar-refractivity contribution in [3.8, 4) is 0 Å². The Morgan fingerprint density at radius 2 is 1.93 bits per heavy atom. The Hall–Kier alpha value is -0.630. The van der Waals surface area contributed by atoms with E-state index < -0.39 is 0 Å². The summed E-state index contributed by atoms with van der Waals surface area (Å²) in [6.45, 7) is 8.71. The third-order valence-electron chi connectivity index (χ3n) is 2.07. The molecule has 1 rings (SSSR count). The lowest BCUT2D eigenvalue weighted by Crippen LogP contribution is -2.26. The highest BCUT2D eigenvalue weighted by Crippen LogP contribution is 2.24. The number of hydrogen-bond acceptors (Lipinski definition) is 2. The molecule has 1 N–H and O–H groups in total. The van der Waals surface area contributed by atoms with Crippen LogP contribution in [0, 0.1) is 6.92 Å². The molecule has 0 aliphatic heterocycles. The number of benzene rings is 1. The molecule has 15 heavy (non-hydrogen) atoms. The summed E-state index contributed by atoms with van der Waals surface area (Å²) >= 11 is 1.86. The monoisotopic (exact) mass is 223 g/mol. The molecule has 1 aromatic rings. The maximum absolute atomic E-state index is 3.56. The van der Waals surface area contributed by atoms with Crippen LogP contribution in [-0.2, 0) is 5.75 Å². The highest BCUT2D eigenvalue weighted by Gasteiger charge is 2.11. The van der Waals surface area contributed by atoms with Gasteiger partial charge in [-0.05, 0) is 51.1 Å². The predicted molar refractivity (Wildman–Crippen MR) is 71.8 cm³/mol. The van der Waals surface area contributed by atoms with Gasteiger partial charge in [0.25, 0.3) is 0 Å². The Kier molecular flexibility index (Phi) is 4.09. The van der Waals surface area contributed by atoms with Gasteiger partial charge < -0.3 is 5.32 Å². The standard InChI is InChI=1S/C13H21NS/c1-10-6-7-11(9-15-5)12(8-10)14-13(2,3)4/h6-8,14H,9H2,1-5H3. The molecule has 0 fully saturated rings. The fourth-order valence-corrected chi connectivity index (χ4v) is 2.05. The van der Waals surface area contributed by atoms with Crippen LogP contribution in [0.25, 0.3) is 0 Å². The molecule has 0 heterocycles. The van der Waals surface area contributed by atoms with Gasteiger partial charge in [0.15, 0.2) is 0 Å². The van der Waals surface area contributed by atoms with Gasteiger partial charge in [0.05, 0.1) is 0 Å². The van der Waals surface area contributed by atoms with Crippen molar-refractivity contribution in [2.24, 2.45) is 0 Å². The average molecular weight is 223 g/mol. The molecule has 1 aromatic carbocycles. The van der Waals surface area contributed by atoms with Gasteiger partial charge in [-0.2, -0.15) is 11.8 Å². The third kappa shape index (κ3) is 4.17. The van der Waals surface area contributed by atoms with Crippen molar-refractivity contribution in [2.75, 3.05) is 11.6 Å². The molecular formula is C13H21NS. The van der Waals surface area contributed by atoms with Gasteiger partial charge in [-0.25, -0.2) is 0 Å². The van der Waals surface area contributed by atoms with E-state index in [-0.39, 0.29) is 5.54 Å². The van der Waals surface area contributed by atoms with Crippen LogP contribution in [0.3, 0.4) is 0 Å². The molecular weight excluding hydrogens is 202 g/mol. The van der Waals surface area contributed by atoms with Crippen molar-refractivity contribution in [1.29, 1.82) is 0 Å². The summed E-state index contributed by atoms with van der Waals surface area (Å²) in [6, 6.07) is 6.64. The summed E-state index contributed by atoms with van der Waals surface area (Å²) in [5, 5.41) is 3.56. The van der Waals surface area contributed by atoms with Crippen molar-refractivity contribution in [1.82, 2.24) is 0 Å². The number of hydrogen-bond donors (Lipinski definition) is 1. The van der Waals surface area contributed by atoms with E-state index >= 15 is 0 Å². The molecule has 0 saturated carbocycles. The highest BCUT2D eigenvalue weighted by atomic mass is 32.2. The highest BCUT2D eigenvalue weighted by molar-refractivity contribution is 7.97. The lowest BCUT2D eigenvalue weighted by atomic mass is 10.1. The topological polar surface area (TPSA) is 12.0 Å². The Morgan fingerprint density at radius 1 is 1.27 bits per heavy atom. The minimum atomic E-state index is 0.126. The maximum Gasteiger partial charge on any atom is 0.0387 e. The van der Waals surface area contributed by atoms with Crippen molar-refractivity contribution in [3.05, 3.63) is 29.3 Å². The van der Waals surface area contributed by atoms with Crippen LogP contribution in [0.1, 0.15) is 31.9 Å². The van der Waals surface area contributed by atoms with E-state index in [9.17, 15) is 0 Å². The molecule has 0 amide bonds. The van der Waals surface area contributed by atoms with Gasteiger partial charge in [0.2, 0.25) is 0 Å². The summed E-state index contributed by atoms with van der Waals surface area (Å²) < 4.78 is 0. The molecule has 2 heteroatoms. The number of nitrogens with one attached hydrogen (secondary N) is 1. The minimum absolute atomic E-state index is 0.126. The van der Waals surface area contributed by atoms with E-state index in [1.165, 1.54) is 16.8 Å². The third-order valence-corrected chi connectivity index (χ3v) is 2.67. The summed E-state index contributed by atoms with van der Waals surface area (Å²) in [7, 11) is 0. The zero-order valence-corrected chi connectivity index (χ0v) is 11.2. The largest absolute Gasteiger partial charge is 0.380 e. The summed E-state index contributed by atoms with van der Waals surface area (Å²) in [5.74, 6) is 1.07. The second kappa shape index (κ2) is 4.93. The summed E-state index contributed by atoms with van der Waals surface area (Å²) in [4.78, 5) is 0. The van der Waals surface area contributed by atoms with Crippen molar-refractivity contribution < 1.29 is 0 Å². The van der Waals surface area contributed by atoms with Crippen LogP contribution in [0.5, 0.6) is 0 Å². The number of aryl methyl sites for hydroxylation is 1. The number of thioether (sulfide) groups is 1. The van der Waals surface area contributed by atoms with Crippen molar-refractivity contribution in [3.63, 3.8) is 0 Å². The van der Waals surface area contributed by atoms with Gasteiger partial charge in [0, 0.05) is 17.0 Å². The second-order valence-electron chi connectivity index (χ2n) is 4.97. The lowest BCUT2D eigenvalue weighted by Gasteiger charge is -2.24. The Morgan fingerprint density at radius 3 is 2.47 bits per heavy atom. The molecule has 0 saturated heterocycles. The van der Waals surface area contributed by atoms with Gasteiger partial charge in [-0.15, -0.1) is 0 Å². The Bertz CT molecular complexity index is 326. The number of anilines is 1. The molecule has 0 radical (unpaired) electrons. The average Bonchev–Trinajstić information content (AvgIpc) is 2.07. The molecule has 0 aromatic heterocycles. The van der Waals surface area contributed by atoms with Gasteiger partial charge in [-0.1, -0.05) is 12.1 Å². The first-order valence-corrected chi connectivity index (χ1v) is 6.68. The van der Waals surface area contributed by atoms with E-state index in [1.54, 1.807) is 0 Å². The van der Waals surface area contributed by atoms with Crippen LogP contribution < -0.4 is 5.32 Å². The van der Waals surface area contributed by atoms with E-state index in [0.29, 0.717) is 0 Å². The minimum Gasteiger partial charge on any atom is -0.380 e. The van der Waals surface area contributed by atoms with Crippen LogP contribution in [0.2, 0.25) is 0 Å². The Labute approximate surface area is 97.7 Å². The van der Waals surface area contributed by atoms with Crippen LogP contribution in [0.4, 0.5) is 5.69 Å². The predicted octanol–water partition coefficient (Wildman–Crippen LogP) is 4.07. The van der Waals surface area contributed by atoms with Crippen LogP contribution >= 0.6 is 11.8 Å². The first-order chi connectivity index (χ1) is 6.92. The molecule has 0 aliphatic rings. The molecule has 84 valence electrons. The molecule has 1 nitrogen and oxygen atoms in total. The smallest absolute Gasteiger partial charge is 0.0387 e. The quantitative estimate of drug-likeness (QED) is 0.829. The van der Waals surface area contributed by atoms with Crippen LogP contribution in [0.15, 0.2) is 18.2 Å². The fourth-order valence-electron chi connectivity index (χ4n) is 1.49. The zero-order valence-electron chi connectivity index (χ0n) is 10.3. The molecule has 0 bridgehead atoms. The van der Waals surface area contributed by atoms with Gasteiger partial charge in [0.1, 0.15) is 0 Å². The molecule has 0 unspecified atom stereocenters. The summed E-state index contributed by atoms with van der Waals surface area (Å²) in [5.41, 5.74) is 4.10. The van der Waals surface area contributed by atoms with E-state index in [1.807, 2.05) is 11.8 Å². The van der Waals surface area contributed by atoms with E-state index in [2.05, 4.69) is 57.5 Å². The number of rotatable bonds is 3. The van der Waals surface area contributed by atoms with E-state index in [4.69, 9.17) is 0 Å². The normalized spacial score (nSPS) is 11.5. The van der Waals surface area contributed by atoms with Crippen molar-refractivity contribution >= 4 is 17.4 Å². The second-order valence-corrected chi connectivity index (χ2v) is 5.83. The molecule has 0 atom stereocenters.